The number of aromatic nitrogens is 2. The summed E-state index contributed by atoms with van der Waals surface area (Å²) in [6.45, 7) is 4.57. The van der Waals surface area contributed by atoms with Gasteiger partial charge < -0.3 is 15.0 Å². The number of hydrogen-bond acceptors (Lipinski definition) is 6. The molecule has 1 fully saturated rings. The van der Waals surface area contributed by atoms with Gasteiger partial charge in [-0.15, -0.1) is 10.2 Å². The van der Waals surface area contributed by atoms with Crippen LogP contribution in [0.15, 0.2) is 24.3 Å². The highest BCUT2D eigenvalue weighted by molar-refractivity contribution is 7.15. The molecule has 2 aromatic rings. The van der Waals surface area contributed by atoms with Gasteiger partial charge in [0.15, 0.2) is 0 Å². The van der Waals surface area contributed by atoms with Crippen LogP contribution < -0.4 is 15.0 Å². The molecule has 1 N–H and O–H groups in total. The Morgan fingerprint density at radius 2 is 2.08 bits per heavy atom. The second kappa shape index (κ2) is 7.82. The second-order valence-corrected chi connectivity index (χ2v) is 7.75. The topological polar surface area (TPSA) is 84.4 Å². The van der Waals surface area contributed by atoms with Crippen LogP contribution in [0, 0.1) is 11.8 Å². The Morgan fingerprint density at radius 1 is 1.35 bits per heavy atom. The van der Waals surface area contributed by atoms with Crippen LogP contribution in [0.3, 0.4) is 0 Å². The lowest BCUT2D eigenvalue weighted by atomic mass is 10.1. The van der Waals surface area contributed by atoms with E-state index in [9.17, 15) is 9.59 Å². The molecule has 0 bridgehead atoms. The van der Waals surface area contributed by atoms with Gasteiger partial charge in [0.05, 0.1) is 13.0 Å². The van der Waals surface area contributed by atoms with Crippen LogP contribution in [-0.2, 0) is 16.0 Å². The highest BCUT2D eigenvalue weighted by Crippen LogP contribution is 2.28. The third-order valence-corrected chi connectivity index (χ3v) is 5.02. The van der Waals surface area contributed by atoms with Gasteiger partial charge >= 0.3 is 0 Å². The first-order valence-electron chi connectivity index (χ1n) is 8.54. The molecular formula is C18H22N4O3S. The summed E-state index contributed by atoms with van der Waals surface area (Å²) in [5.41, 5.74) is 0.765. The molecule has 2 amide bonds. The molecule has 0 radical (unpaired) electrons. The number of nitrogens with one attached hydrogen (secondary N) is 1. The van der Waals surface area contributed by atoms with Crippen molar-refractivity contribution in [1.29, 1.82) is 0 Å². The number of benzene rings is 1. The van der Waals surface area contributed by atoms with Gasteiger partial charge in [-0.2, -0.15) is 0 Å². The van der Waals surface area contributed by atoms with E-state index < -0.39 is 5.92 Å². The number of hydrogen-bond donors (Lipinski definition) is 1. The minimum absolute atomic E-state index is 0.0620. The molecule has 7 nitrogen and oxygen atoms in total. The van der Waals surface area contributed by atoms with Gasteiger partial charge in [0.2, 0.25) is 16.9 Å². The molecule has 1 saturated heterocycles. The van der Waals surface area contributed by atoms with E-state index in [1.54, 1.807) is 24.1 Å². The summed E-state index contributed by atoms with van der Waals surface area (Å²) < 4.78 is 5.13. The molecule has 0 spiro atoms. The summed E-state index contributed by atoms with van der Waals surface area (Å²) in [7, 11) is 1.59. The molecule has 8 heteroatoms. The van der Waals surface area contributed by atoms with Gasteiger partial charge in [0.25, 0.3) is 0 Å². The maximum Gasteiger partial charge on any atom is 0.231 e. The zero-order valence-corrected chi connectivity index (χ0v) is 15.9. The predicted molar refractivity (Wildman–Crippen MR) is 101 cm³/mol. The fourth-order valence-corrected chi connectivity index (χ4v) is 3.79. The molecule has 26 heavy (non-hydrogen) atoms. The summed E-state index contributed by atoms with van der Waals surface area (Å²) >= 11 is 1.38. The van der Waals surface area contributed by atoms with Gasteiger partial charge in [0.1, 0.15) is 10.8 Å². The Kier molecular flexibility index (Phi) is 5.51. The second-order valence-electron chi connectivity index (χ2n) is 6.69. The number of ether oxygens (including phenoxy) is 1. The first kappa shape index (κ1) is 18.3. The summed E-state index contributed by atoms with van der Waals surface area (Å²) in [4.78, 5) is 26.4. The summed E-state index contributed by atoms with van der Waals surface area (Å²) in [6, 6.07) is 7.24. The van der Waals surface area contributed by atoms with E-state index in [1.807, 2.05) is 12.1 Å². The molecule has 1 aromatic heterocycles. The van der Waals surface area contributed by atoms with Gasteiger partial charge in [-0.1, -0.05) is 25.2 Å². The fraction of sp³-hybridized carbons (Fsp3) is 0.444. The quantitative estimate of drug-likeness (QED) is 0.840. The monoisotopic (exact) mass is 374 g/mol. The van der Waals surface area contributed by atoms with Crippen LogP contribution in [0.1, 0.15) is 25.3 Å². The average molecular weight is 374 g/mol. The molecule has 3 rings (SSSR count). The molecule has 1 aliphatic heterocycles. The Hall–Kier alpha value is -2.48. The lowest BCUT2D eigenvalue weighted by Crippen LogP contribution is -2.28. The standard InChI is InChI=1S/C18H22N4O3S/c1-11(2)8-15-20-21-18(26-15)19-17(24)12-9-16(23)22(10-12)13-4-6-14(25-3)7-5-13/h4-7,11-12H,8-10H2,1-3H3,(H,19,21,24)/t12-/m0/s1. The van der Waals surface area contributed by atoms with E-state index in [-0.39, 0.29) is 18.2 Å². The smallest absolute Gasteiger partial charge is 0.231 e. The molecule has 1 aromatic carbocycles. The van der Waals surface area contributed by atoms with Crippen LogP contribution in [0.4, 0.5) is 10.8 Å². The van der Waals surface area contributed by atoms with E-state index in [0.717, 1.165) is 22.9 Å². The summed E-state index contributed by atoms with van der Waals surface area (Å²) in [6.07, 6.45) is 1.02. The largest absolute Gasteiger partial charge is 0.497 e. The Morgan fingerprint density at radius 3 is 2.73 bits per heavy atom. The van der Waals surface area contributed by atoms with Crippen molar-refractivity contribution in [2.45, 2.75) is 26.7 Å². The minimum atomic E-state index is -0.401. The molecule has 0 unspecified atom stereocenters. The van der Waals surface area contributed by atoms with Gasteiger partial charge in [-0.05, 0) is 30.2 Å². The van der Waals surface area contributed by atoms with Crippen LogP contribution in [0.2, 0.25) is 0 Å². The van der Waals surface area contributed by atoms with Crippen molar-refractivity contribution in [1.82, 2.24) is 10.2 Å². The van der Waals surface area contributed by atoms with Crippen LogP contribution in [0.25, 0.3) is 0 Å². The van der Waals surface area contributed by atoms with E-state index in [1.165, 1.54) is 11.3 Å². The number of carbonyl (C=O) groups is 2. The van der Waals surface area contributed by atoms with Crippen molar-refractivity contribution in [3.8, 4) is 5.75 Å². The average Bonchev–Trinajstić information content (AvgIpc) is 3.21. The first-order valence-corrected chi connectivity index (χ1v) is 9.35. The molecule has 0 aliphatic carbocycles. The number of rotatable bonds is 6. The highest BCUT2D eigenvalue weighted by Gasteiger charge is 2.35. The van der Waals surface area contributed by atoms with E-state index in [0.29, 0.717) is 17.6 Å². The van der Waals surface area contributed by atoms with Gasteiger partial charge in [-0.3, -0.25) is 9.59 Å². The zero-order valence-electron chi connectivity index (χ0n) is 15.1. The van der Waals surface area contributed by atoms with Crippen LogP contribution in [0.5, 0.6) is 5.75 Å². The predicted octanol–water partition coefficient (Wildman–Crippen LogP) is 2.74. The Labute approximate surface area is 156 Å². The van der Waals surface area contributed by atoms with E-state index in [2.05, 4.69) is 29.4 Å². The number of nitrogens with zero attached hydrogens (tertiary/aromatic N) is 3. The maximum atomic E-state index is 12.5. The number of anilines is 2. The van der Waals surface area contributed by atoms with E-state index >= 15 is 0 Å². The first-order chi connectivity index (χ1) is 12.5. The van der Waals surface area contributed by atoms with Crippen molar-refractivity contribution in [2.24, 2.45) is 11.8 Å². The number of methoxy groups -OCH3 is 1. The molecular weight excluding hydrogens is 352 g/mol. The lowest BCUT2D eigenvalue weighted by molar-refractivity contribution is -0.122. The maximum absolute atomic E-state index is 12.5. The van der Waals surface area contributed by atoms with Crippen molar-refractivity contribution in [3.05, 3.63) is 29.3 Å². The summed E-state index contributed by atoms with van der Waals surface area (Å²) in [5.74, 6) is 0.553. The normalized spacial score (nSPS) is 17.0. The fourth-order valence-electron chi connectivity index (χ4n) is 2.84. The number of carbonyl (C=O) groups excluding carboxylic acids is 2. The lowest BCUT2D eigenvalue weighted by Gasteiger charge is -2.16. The van der Waals surface area contributed by atoms with Crippen molar-refractivity contribution < 1.29 is 14.3 Å². The van der Waals surface area contributed by atoms with E-state index in [4.69, 9.17) is 4.74 Å². The van der Waals surface area contributed by atoms with Crippen LogP contribution >= 0.6 is 11.3 Å². The molecule has 1 atom stereocenters. The third-order valence-electron chi connectivity index (χ3n) is 4.16. The Bertz CT molecular complexity index is 788. The molecule has 138 valence electrons. The molecule has 1 aliphatic rings. The summed E-state index contributed by atoms with van der Waals surface area (Å²) in [5, 5.41) is 12.3. The van der Waals surface area contributed by atoms with Gasteiger partial charge in [0, 0.05) is 25.1 Å². The van der Waals surface area contributed by atoms with Crippen molar-refractivity contribution >= 4 is 34.0 Å². The van der Waals surface area contributed by atoms with Crippen molar-refractivity contribution in [3.63, 3.8) is 0 Å². The van der Waals surface area contributed by atoms with Crippen molar-refractivity contribution in [2.75, 3.05) is 23.9 Å². The highest BCUT2D eigenvalue weighted by atomic mass is 32.1. The van der Waals surface area contributed by atoms with Gasteiger partial charge in [-0.25, -0.2) is 0 Å². The zero-order chi connectivity index (χ0) is 18.7. The van der Waals surface area contributed by atoms with Crippen LogP contribution in [-0.4, -0.2) is 35.7 Å². The minimum Gasteiger partial charge on any atom is -0.497 e. The molecule has 2 heterocycles. The molecule has 0 saturated carbocycles. The third kappa shape index (κ3) is 4.19. The SMILES string of the molecule is COc1ccc(N2C[C@@H](C(=O)Nc3nnc(CC(C)C)s3)CC2=O)cc1. The number of amides is 2. The Balaban J connectivity index is 1.62.